The van der Waals surface area contributed by atoms with E-state index in [1.807, 2.05) is 6.92 Å². The van der Waals surface area contributed by atoms with Crippen molar-refractivity contribution in [3.05, 3.63) is 0 Å². The molecule has 0 fully saturated rings. The van der Waals surface area contributed by atoms with Crippen molar-refractivity contribution in [2.75, 3.05) is 32.1 Å². The van der Waals surface area contributed by atoms with Crippen LogP contribution in [0.2, 0.25) is 0 Å². The molecular formula is C8H16F3NOS. The molecule has 1 N–H and O–H groups in total. The zero-order valence-corrected chi connectivity index (χ0v) is 9.01. The second-order valence-corrected chi connectivity index (χ2v) is 3.82. The van der Waals surface area contributed by atoms with E-state index >= 15 is 0 Å². The molecule has 0 unspecified atom stereocenters. The summed E-state index contributed by atoms with van der Waals surface area (Å²) in [6.45, 7) is 4.25. The summed E-state index contributed by atoms with van der Waals surface area (Å²) in [7, 11) is 0. The number of nitrogens with one attached hydrogen (secondary N) is 1. The van der Waals surface area contributed by atoms with Gasteiger partial charge in [0.1, 0.15) is 0 Å². The molecule has 0 aliphatic heterocycles. The van der Waals surface area contributed by atoms with Crippen molar-refractivity contribution >= 4 is 11.8 Å². The summed E-state index contributed by atoms with van der Waals surface area (Å²) in [5.74, 6) is 0.0529. The van der Waals surface area contributed by atoms with Crippen LogP contribution in [0.1, 0.15) is 13.3 Å². The van der Waals surface area contributed by atoms with E-state index in [1.54, 1.807) is 0 Å². The van der Waals surface area contributed by atoms with E-state index in [-0.39, 0.29) is 17.5 Å². The summed E-state index contributed by atoms with van der Waals surface area (Å²) in [5, 5.41) is 2.87. The van der Waals surface area contributed by atoms with Crippen molar-refractivity contribution in [1.82, 2.24) is 5.32 Å². The molecule has 6 heteroatoms. The van der Waals surface area contributed by atoms with E-state index in [0.717, 1.165) is 6.42 Å². The van der Waals surface area contributed by atoms with E-state index in [2.05, 4.69) is 5.32 Å². The molecule has 0 saturated carbocycles. The molecule has 0 atom stereocenters. The van der Waals surface area contributed by atoms with Crippen molar-refractivity contribution in [3.8, 4) is 0 Å². The lowest BCUT2D eigenvalue weighted by Crippen LogP contribution is -2.23. The Morgan fingerprint density at radius 3 is 2.50 bits per heavy atom. The average molecular weight is 231 g/mol. The van der Waals surface area contributed by atoms with Crippen molar-refractivity contribution in [2.24, 2.45) is 0 Å². The van der Waals surface area contributed by atoms with E-state index < -0.39 is 5.51 Å². The Balaban J connectivity index is 2.99. The second kappa shape index (κ2) is 8.38. The van der Waals surface area contributed by atoms with Crippen molar-refractivity contribution in [1.29, 1.82) is 0 Å². The average Bonchev–Trinajstić information content (AvgIpc) is 2.08. The first-order valence-corrected chi connectivity index (χ1v) is 5.54. The lowest BCUT2D eigenvalue weighted by Gasteiger charge is -2.06. The maximum absolute atomic E-state index is 11.6. The smallest absolute Gasteiger partial charge is 0.380 e. The summed E-state index contributed by atoms with van der Waals surface area (Å²) in [6, 6.07) is 0. The van der Waals surface area contributed by atoms with Gasteiger partial charge < -0.3 is 10.1 Å². The van der Waals surface area contributed by atoms with Crippen molar-refractivity contribution in [2.45, 2.75) is 18.9 Å². The molecule has 0 aliphatic carbocycles. The van der Waals surface area contributed by atoms with Crippen molar-refractivity contribution < 1.29 is 17.9 Å². The van der Waals surface area contributed by atoms with Crippen LogP contribution in [0.15, 0.2) is 0 Å². The molecule has 0 aromatic carbocycles. The van der Waals surface area contributed by atoms with Gasteiger partial charge >= 0.3 is 5.51 Å². The van der Waals surface area contributed by atoms with Gasteiger partial charge in [0.2, 0.25) is 0 Å². The van der Waals surface area contributed by atoms with Gasteiger partial charge in [-0.15, -0.1) is 0 Å². The number of hydrogen-bond donors (Lipinski definition) is 1. The Morgan fingerprint density at radius 2 is 1.93 bits per heavy atom. The summed E-state index contributed by atoms with van der Waals surface area (Å²) in [4.78, 5) is 0. The molecule has 0 heterocycles. The fourth-order valence-corrected chi connectivity index (χ4v) is 1.23. The monoisotopic (exact) mass is 231 g/mol. The Labute approximate surface area is 86.6 Å². The quantitative estimate of drug-likeness (QED) is 0.647. The fourth-order valence-electron chi connectivity index (χ4n) is 0.755. The number of thioether (sulfide) groups is 1. The van der Waals surface area contributed by atoms with Crippen molar-refractivity contribution in [3.63, 3.8) is 0 Å². The van der Waals surface area contributed by atoms with Crippen LogP contribution in [0.4, 0.5) is 13.2 Å². The van der Waals surface area contributed by atoms with Crippen LogP contribution >= 0.6 is 11.8 Å². The van der Waals surface area contributed by atoms with Gasteiger partial charge in [-0.2, -0.15) is 13.2 Å². The Hall–Kier alpha value is 0.0600. The maximum Gasteiger partial charge on any atom is 0.441 e. The van der Waals surface area contributed by atoms with Gasteiger partial charge in [-0.3, -0.25) is 0 Å². The number of ether oxygens (including phenoxy) is 1. The predicted molar refractivity (Wildman–Crippen MR) is 52.5 cm³/mol. The highest BCUT2D eigenvalue weighted by atomic mass is 32.2. The van der Waals surface area contributed by atoms with Crippen LogP contribution < -0.4 is 5.32 Å². The first-order valence-electron chi connectivity index (χ1n) is 4.55. The first kappa shape index (κ1) is 14.1. The van der Waals surface area contributed by atoms with E-state index in [1.165, 1.54) is 0 Å². The molecule has 14 heavy (non-hydrogen) atoms. The van der Waals surface area contributed by atoms with Crippen LogP contribution in [-0.2, 0) is 4.74 Å². The second-order valence-electron chi connectivity index (χ2n) is 2.66. The largest absolute Gasteiger partial charge is 0.441 e. The maximum atomic E-state index is 11.6. The third-order valence-corrected chi connectivity index (χ3v) is 2.05. The summed E-state index contributed by atoms with van der Waals surface area (Å²) < 4.78 is 40.1. The minimum Gasteiger partial charge on any atom is -0.380 e. The van der Waals surface area contributed by atoms with Gasteiger partial charge in [0.25, 0.3) is 0 Å². The van der Waals surface area contributed by atoms with Crippen LogP contribution in [0, 0.1) is 0 Å². The molecule has 86 valence electrons. The number of hydrogen-bond acceptors (Lipinski definition) is 3. The first-order chi connectivity index (χ1) is 6.56. The Bertz CT molecular complexity index is 132. The molecule has 0 saturated heterocycles. The molecule has 0 amide bonds. The van der Waals surface area contributed by atoms with Crippen LogP contribution in [0.5, 0.6) is 0 Å². The number of rotatable bonds is 8. The number of halogens is 3. The van der Waals surface area contributed by atoms with E-state index in [4.69, 9.17) is 4.74 Å². The topological polar surface area (TPSA) is 21.3 Å². The lowest BCUT2D eigenvalue weighted by atomic mass is 10.5. The van der Waals surface area contributed by atoms with Crippen LogP contribution in [0.3, 0.4) is 0 Å². The third-order valence-electron chi connectivity index (χ3n) is 1.32. The summed E-state index contributed by atoms with van der Waals surface area (Å²) in [6.07, 6.45) is 0.962. The van der Waals surface area contributed by atoms with Gasteiger partial charge in [0.05, 0.1) is 6.61 Å². The molecule has 2 nitrogen and oxygen atoms in total. The Kier molecular flexibility index (Phi) is 8.41. The lowest BCUT2D eigenvalue weighted by molar-refractivity contribution is -0.0327. The van der Waals surface area contributed by atoms with Gasteiger partial charge in [-0.25, -0.2) is 0 Å². The minimum absolute atomic E-state index is 0.00145. The van der Waals surface area contributed by atoms with E-state index in [0.29, 0.717) is 26.3 Å². The highest BCUT2D eigenvalue weighted by Crippen LogP contribution is 2.29. The minimum atomic E-state index is -4.11. The van der Waals surface area contributed by atoms with Gasteiger partial charge in [0.15, 0.2) is 0 Å². The zero-order valence-electron chi connectivity index (χ0n) is 8.19. The third kappa shape index (κ3) is 12.1. The molecule has 0 bridgehead atoms. The molecule has 0 aromatic rings. The highest BCUT2D eigenvalue weighted by molar-refractivity contribution is 8.00. The van der Waals surface area contributed by atoms with Gasteiger partial charge in [-0.1, -0.05) is 6.92 Å². The zero-order chi connectivity index (χ0) is 10.9. The van der Waals surface area contributed by atoms with Gasteiger partial charge in [-0.05, 0) is 18.2 Å². The van der Waals surface area contributed by atoms with Crippen LogP contribution in [0.25, 0.3) is 0 Å². The van der Waals surface area contributed by atoms with E-state index in [9.17, 15) is 13.2 Å². The van der Waals surface area contributed by atoms with Gasteiger partial charge in [0, 0.05) is 25.4 Å². The highest BCUT2D eigenvalue weighted by Gasteiger charge is 2.27. The molecular weight excluding hydrogens is 215 g/mol. The molecule has 0 aromatic heterocycles. The molecule has 0 rings (SSSR count). The standard InChI is InChI=1S/C8H16F3NOS/c1-2-5-13-6-3-12-4-7-14-8(9,10)11/h12H,2-7H2,1H3. The SMILES string of the molecule is CCCOCCNCCSC(F)(F)F. The molecule has 0 spiro atoms. The predicted octanol–water partition coefficient (Wildman–Crippen LogP) is 2.26. The molecule has 0 aliphatic rings. The normalized spacial score (nSPS) is 12.0. The molecule has 0 radical (unpaired) electrons. The fraction of sp³-hybridized carbons (Fsp3) is 1.00. The summed E-state index contributed by atoms with van der Waals surface area (Å²) >= 11 is -0.00145. The van der Waals surface area contributed by atoms with Crippen LogP contribution in [-0.4, -0.2) is 37.6 Å². The number of alkyl halides is 3. The Morgan fingerprint density at radius 1 is 1.21 bits per heavy atom. The summed E-state index contributed by atoms with van der Waals surface area (Å²) in [5.41, 5.74) is -4.11.